The Morgan fingerprint density at radius 3 is 2.54 bits per heavy atom. The number of halogens is 2. The lowest BCUT2D eigenvalue weighted by Crippen LogP contribution is -2.46. The summed E-state index contributed by atoms with van der Waals surface area (Å²) >= 11 is 1.01. The van der Waals surface area contributed by atoms with Crippen LogP contribution in [0.25, 0.3) is 16.6 Å². The average molecular weight is 549 g/mol. The van der Waals surface area contributed by atoms with Crippen LogP contribution in [0.1, 0.15) is 18.5 Å². The molecule has 11 heteroatoms. The zero-order chi connectivity index (χ0) is 27.5. The Balaban J connectivity index is 1.62. The number of fused-ring (bicyclic) bond motifs is 1. The number of carbonyl (C=O) groups is 2. The summed E-state index contributed by atoms with van der Waals surface area (Å²) in [7, 11) is 0. The number of para-hydroxylation sites is 1. The largest absolute Gasteiger partial charge is 0.463 e. The minimum absolute atomic E-state index is 0.0154. The van der Waals surface area contributed by atoms with E-state index < -0.39 is 35.2 Å². The third-order valence-corrected chi connectivity index (χ3v) is 6.99. The van der Waals surface area contributed by atoms with E-state index in [1.807, 2.05) is 6.07 Å². The number of carbonyl (C=O) groups excluding carboxylic acids is 2. The molecule has 2 amide bonds. The fraction of sp³-hybridized carbons (Fsp3) is 0.143. The highest BCUT2D eigenvalue weighted by molar-refractivity contribution is 7.99. The standard InChI is InChI=1S/C28H22F2N4O4S/c1-2-38-26(36)23-21(31-27(37)33-24(23)16-8-4-3-5-9-16)15-39-28-32-20-11-7-6-10-18(20)25(35)34(28)22-13-12-17(29)14-19(22)30/h3-14,24H,2,15H2,1H3,(H2,31,33,37). The first kappa shape index (κ1) is 26.1. The van der Waals surface area contributed by atoms with Crippen LogP contribution < -0.4 is 16.2 Å². The molecule has 0 saturated carbocycles. The van der Waals surface area contributed by atoms with E-state index in [-0.39, 0.29) is 39.9 Å². The van der Waals surface area contributed by atoms with Gasteiger partial charge in [0, 0.05) is 17.5 Å². The molecule has 0 saturated heterocycles. The lowest BCUT2D eigenvalue weighted by Gasteiger charge is -2.29. The number of thioether (sulfide) groups is 1. The number of nitrogens with zero attached hydrogens (tertiary/aromatic N) is 2. The molecule has 2 heterocycles. The van der Waals surface area contributed by atoms with Gasteiger partial charge in [-0.05, 0) is 36.8 Å². The first-order valence-electron chi connectivity index (χ1n) is 12.0. The summed E-state index contributed by atoms with van der Waals surface area (Å²) in [6.45, 7) is 1.79. The van der Waals surface area contributed by atoms with Gasteiger partial charge < -0.3 is 15.4 Å². The van der Waals surface area contributed by atoms with E-state index in [9.17, 15) is 23.2 Å². The van der Waals surface area contributed by atoms with Crippen LogP contribution in [0.4, 0.5) is 13.6 Å². The summed E-state index contributed by atoms with van der Waals surface area (Å²) in [5.41, 5.74) is 0.761. The van der Waals surface area contributed by atoms with Crippen molar-refractivity contribution in [2.45, 2.75) is 18.1 Å². The van der Waals surface area contributed by atoms with Crippen molar-refractivity contribution >= 4 is 34.7 Å². The molecular weight excluding hydrogens is 526 g/mol. The second-order valence-electron chi connectivity index (χ2n) is 8.49. The van der Waals surface area contributed by atoms with Gasteiger partial charge in [0.05, 0.1) is 34.8 Å². The molecule has 2 N–H and O–H groups in total. The van der Waals surface area contributed by atoms with Crippen LogP contribution >= 0.6 is 11.8 Å². The van der Waals surface area contributed by atoms with Crippen molar-refractivity contribution in [2.24, 2.45) is 0 Å². The lowest BCUT2D eigenvalue weighted by atomic mass is 9.95. The third-order valence-electron chi connectivity index (χ3n) is 6.02. The quantitative estimate of drug-likeness (QED) is 0.198. The van der Waals surface area contributed by atoms with E-state index in [1.54, 1.807) is 55.5 Å². The first-order valence-corrected chi connectivity index (χ1v) is 13.0. The number of nitrogens with one attached hydrogen (secondary N) is 2. The SMILES string of the molecule is CCOC(=O)C1=C(CSc2nc3ccccc3c(=O)n2-c2ccc(F)cc2F)NC(=O)NC1c1ccccc1. The molecule has 1 aliphatic heterocycles. The zero-order valence-corrected chi connectivity index (χ0v) is 21.4. The van der Waals surface area contributed by atoms with E-state index >= 15 is 0 Å². The highest BCUT2D eigenvalue weighted by Crippen LogP contribution is 2.31. The molecular formula is C28H22F2N4O4S. The van der Waals surface area contributed by atoms with E-state index in [0.29, 0.717) is 17.1 Å². The van der Waals surface area contributed by atoms with Gasteiger partial charge in [0.1, 0.15) is 11.6 Å². The molecule has 3 aromatic carbocycles. The number of ether oxygens (including phenoxy) is 1. The maximum absolute atomic E-state index is 14.9. The van der Waals surface area contributed by atoms with Gasteiger partial charge in [-0.3, -0.25) is 9.36 Å². The zero-order valence-electron chi connectivity index (χ0n) is 20.6. The Morgan fingerprint density at radius 2 is 1.79 bits per heavy atom. The maximum Gasteiger partial charge on any atom is 0.338 e. The van der Waals surface area contributed by atoms with Crippen LogP contribution in [0.5, 0.6) is 0 Å². The molecule has 0 spiro atoms. The Bertz CT molecular complexity index is 1670. The van der Waals surface area contributed by atoms with Crippen molar-refractivity contribution in [1.29, 1.82) is 0 Å². The van der Waals surface area contributed by atoms with Crippen LogP contribution in [0, 0.1) is 11.6 Å². The number of rotatable bonds is 7. The molecule has 1 aliphatic rings. The first-order chi connectivity index (χ1) is 18.9. The van der Waals surface area contributed by atoms with Crippen LogP contribution in [-0.4, -0.2) is 33.9 Å². The number of urea groups is 1. The van der Waals surface area contributed by atoms with Gasteiger partial charge in [-0.15, -0.1) is 0 Å². The van der Waals surface area contributed by atoms with E-state index in [4.69, 9.17) is 4.74 Å². The van der Waals surface area contributed by atoms with Crippen LogP contribution in [-0.2, 0) is 9.53 Å². The van der Waals surface area contributed by atoms with E-state index in [1.165, 1.54) is 0 Å². The second kappa shape index (κ2) is 11.1. The Kier molecular flexibility index (Phi) is 7.42. The summed E-state index contributed by atoms with van der Waals surface area (Å²) in [6, 6.07) is 17.1. The highest BCUT2D eigenvalue weighted by Gasteiger charge is 2.34. The molecule has 5 rings (SSSR count). The molecule has 198 valence electrons. The van der Waals surface area contributed by atoms with Gasteiger partial charge in [0.15, 0.2) is 5.16 Å². The number of esters is 1. The molecule has 0 aliphatic carbocycles. The number of benzene rings is 3. The van der Waals surface area contributed by atoms with Crippen LogP contribution in [0.15, 0.2) is 94.0 Å². The van der Waals surface area contributed by atoms with Gasteiger partial charge >= 0.3 is 12.0 Å². The summed E-state index contributed by atoms with van der Waals surface area (Å²) < 4.78 is 34.9. The minimum Gasteiger partial charge on any atom is -0.463 e. The Hall–Kier alpha value is -4.51. The third kappa shape index (κ3) is 5.26. The van der Waals surface area contributed by atoms with Gasteiger partial charge in [-0.2, -0.15) is 0 Å². The molecule has 8 nitrogen and oxygen atoms in total. The maximum atomic E-state index is 14.9. The van der Waals surface area contributed by atoms with Crippen molar-refractivity contribution in [2.75, 3.05) is 12.4 Å². The van der Waals surface area contributed by atoms with Crippen molar-refractivity contribution in [3.8, 4) is 5.69 Å². The highest BCUT2D eigenvalue weighted by atomic mass is 32.2. The van der Waals surface area contributed by atoms with Gasteiger partial charge in [-0.25, -0.2) is 23.4 Å². The van der Waals surface area contributed by atoms with Crippen molar-refractivity contribution in [3.63, 3.8) is 0 Å². The fourth-order valence-corrected chi connectivity index (χ4v) is 5.27. The van der Waals surface area contributed by atoms with E-state index in [0.717, 1.165) is 28.5 Å². The van der Waals surface area contributed by atoms with Gasteiger partial charge in [-0.1, -0.05) is 54.2 Å². The average Bonchev–Trinajstić information content (AvgIpc) is 2.93. The van der Waals surface area contributed by atoms with Gasteiger partial charge in [0.2, 0.25) is 0 Å². The monoisotopic (exact) mass is 548 g/mol. The Labute approximate surface area is 225 Å². The molecule has 0 radical (unpaired) electrons. The van der Waals surface area contributed by atoms with Crippen LogP contribution in [0.3, 0.4) is 0 Å². The predicted octanol–water partition coefficient (Wildman–Crippen LogP) is 4.63. The summed E-state index contributed by atoms with van der Waals surface area (Å²) in [5, 5.41) is 5.77. The smallest absolute Gasteiger partial charge is 0.338 e. The molecule has 1 atom stereocenters. The van der Waals surface area contributed by atoms with E-state index in [2.05, 4.69) is 15.6 Å². The normalized spacial score (nSPS) is 15.2. The summed E-state index contributed by atoms with van der Waals surface area (Å²) in [6.07, 6.45) is 0. The summed E-state index contributed by atoms with van der Waals surface area (Å²) in [5.74, 6) is -2.37. The van der Waals surface area contributed by atoms with Gasteiger partial charge in [0.25, 0.3) is 5.56 Å². The lowest BCUT2D eigenvalue weighted by molar-refractivity contribution is -0.139. The number of hydrogen-bond acceptors (Lipinski definition) is 6. The Morgan fingerprint density at radius 1 is 1.05 bits per heavy atom. The number of hydrogen-bond donors (Lipinski definition) is 2. The number of amides is 2. The summed E-state index contributed by atoms with van der Waals surface area (Å²) in [4.78, 5) is 43.7. The van der Waals surface area contributed by atoms with Crippen molar-refractivity contribution < 1.29 is 23.1 Å². The molecule has 0 fully saturated rings. The van der Waals surface area contributed by atoms with Crippen molar-refractivity contribution in [1.82, 2.24) is 20.2 Å². The molecule has 4 aromatic rings. The topological polar surface area (TPSA) is 102 Å². The molecule has 1 aromatic heterocycles. The fourth-order valence-electron chi connectivity index (χ4n) is 4.30. The molecule has 1 unspecified atom stereocenters. The van der Waals surface area contributed by atoms with Crippen LogP contribution in [0.2, 0.25) is 0 Å². The number of aromatic nitrogens is 2. The minimum atomic E-state index is -0.943. The molecule has 39 heavy (non-hydrogen) atoms. The molecule has 0 bridgehead atoms. The second-order valence-corrected chi connectivity index (χ2v) is 9.43. The predicted molar refractivity (Wildman–Crippen MR) is 142 cm³/mol. The van der Waals surface area contributed by atoms with Crippen molar-refractivity contribution in [3.05, 3.63) is 112 Å².